The van der Waals surface area contributed by atoms with Crippen molar-refractivity contribution in [3.05, 3.63) is 29.8 Å². The second-order valence-electron chi connectivity index (χ2n) is 3.73. The Kier molecular flexibility index (Phi) is 4.96. The third-order valence-electron chi connectivity index (χ3n) is 2.09. The lowest BCUT2D eigenvalue weighted by Gasteiger charge is -2.03. The number of rotatable bonds is 6. The summed E-state index contributed by atoms with van der Waals surface area (Å²) in [5.41, 5.74) is 0.865. The van der Waals surface area contributed by atoms with Crippen LogP contribution in [0.15, 0.2) is 24.3 Å². The molecule has 0 amide bonds. The van der Waals surface area contributed by atoms with E-state index in [0.29, 0.717) is 5.75 Å². The van der Waals surface area contributed by atoms with Gasteiger partial charge in [-0.2, -0.15) is 0 Å². The van der Waals surface area contributed by atoms with Crippen LogP contribution in [0.5, 0.6) is 5.75 Å². The highest BCUT2D eigenvalue weighted by Crippen LogP contribution is 2.13. The Balaban J connectivity index is 2.53. The molecule has 1 aromatic rings. The van der Waals surface area contributed by atoms with Gasteiger partial charge in [-0.25, -0.2) is 0 Å². The van der Waals surface area contributed by atoms with E-state index >= 15 is 0 Å². The zero-order valence-electron chi connectivity index (χ0n) is 9.73. The van der Waals surface area contributed by atoms with Gasteiger partial charge in [0.05, 0.1) is 6.42 Å². The molecule has 3 nitrogen and oxygen atoms in total. The molecule has 0 radical (unpaired) electrons. The highest BCUT2D eigenvalue weighted by Gasteiger charge is 2.06. The normalized spacial score (nSPS) is 9.41. The lowest BCUT2D eigenvalue weighted by molar-refractivity contribution is -0.125. The lowest BCUT2D eigenvalue weighted by Crippen LogP contribution is -2.07. The smallest absolute Gasteiger partial charge is 0.148 e. The number of hydrogen-bond donors (Lipinski definition) is 0. The second-order valence-corrected chi connectivity index (χ2v) is 3.73. The first-order valence-electron chi connectivity index (χ1n) is 5.28. The third kappa shape index (κ3) is 4.98. The minimum atomic E-state index is -0.107. The largest absolute Gasteiger partial charge is 0.481 e. The van der Waals surface area contributed by atoms with Crippen LogP contribution < -0.4 is 4.74 Å². The number of ether oxygens (including phenoxy) is 1. The first-order chi connectivity index (χ1) is 8.11. The minimum absolute atomic E-state index is 0.00462. The summed E-state index contributed by atoms with van der Waals surface area (Å²) in [6, 6.07) is 7.11. The predicted molar refractivity (Wildman–Crippen MR) is 64.8 cm³/mol. The molecule has 0 aliphatic heterocycles. The summed E-state index contributed by atoms with van der Waals surface area (Å²) >= 11 is 0. The number of benzene rings is 1. The lowest BCUT2D eigenvalue weighted by atomic mass is 10.1. The van der Waals surface area contributed by atoms with Gasteiger partial charge in [-0.15, -0.1) is 6.42 Å². The fourth-order valence-electron chi connectivity index (χ4n) is 1.40. The molecule has 0 saturated carbocycles. The number of terminal acetylenes is 1. The molecular weight excluding hydrogens is 216 g/mol. The fraction of sp³-hybridized carbons (Fsp3) is 0.286. The first-order valence-corrected chi connectivity index (χ1v) is 5.28. The molecule has 88 valence electrons. The van der Waals surface area contributed by atoms with Crippen LogP contribution in [0.3, 0.4) is 0 Å². The molecule has 1 aromatic carbocycles. The van der Waals surface area contributed by atoms with Gasteiger partial charge in [-0.05, 0) is 24.6 Å². The maximum atomic E-state index is 11.4. The molecule has 0 bridgehead atoms. The van der Waals surface area contributed by atoms with Gasteiger partial charge in [0.2, 0.25) is 0 Å². The highest BCUT2D eigenvalue weighted by molar-refractivity contribution is 5.98. The number of carbonyl (C=O) groups is 2. The van der Waals surface area contributed by atoms with Gasteiger partial charge in [-0.1, -0.05) is 18.1 Å². The van der Waals surface area contributed by atoms with Gasteiger partial charge in [0.1, 0.15) is 23.9 Å². The highest BCUT2D eigenvalue weighted by atomic mass is 16.5. The van der Waals surface area contributed by atoms with Gasteiger partial charge >= 0.3 is 0 Å². The third-order valence-corrected chi connectivity index (χ3v) is 2.09. The Morgan fingerprint density at radius 2 is 1.94 bits per heavy atom. The van der Waals surface area contributed by atoms with Crippen molar-refractivity contribution in [1.82, 2.24) is 0 Å². The summed E-state index contributed by atoms with van der Waals surface area (Å²) in [4.78, 5) is 22.2. The van der Waals surface area contributed by atoms with Crippen molar-refractivity contribution in [3.8, 4) is 18.1 Å². The summed E-state index contributed by atoms with van der Waals surface area (Å²) in [6.45, 7) is 1.64. The number of Topliss-reactive ketones (excluding diaryl/α,β-unsaturated/α-hetero) is 2. The minimum Gasteiger partial charge on any atom is -0.481 e. The topological polar surface area (TPSA) is 43.4 Å². The van der Waals surface area contributed by atoms with Crippen LogP contribution in [-0.4, -0.2) is 18.2 Å². The SMILES string of the molecule is C#CCOc1ccc(CC(=O)CC(C)=O)cc1. The summed E-state index contributed by atoms with van der Waals surface area (Å²) in [6.07, 6.45) is 5.34. The monoisotopic (exact) mass is 230 g/mol. The van der Waals surface area contributed by atoms with Gasteiger partial charge in [0, 0.05) is 6.42 Å². The maximum Gasteiger partial charge on any atom is 0.148 e. The molecular formula is C14H14O3. The van der Waals surface area contributed by atoms with Crippen LogP contribution in [0, 0.1) is 12.3 Å². The maximum absolute atomic E-state index is 11.4. The Morgan fingerprint density at radius 1 is 1.29 bits per heavy atom. The summed E-state index contributed by atoms with van der Waals surface area (Å²) < 4.78 is 5.20. The quantitative estimate of drug-likeness (QED) is 0.552. The molecule has 0 atom stereocenters. The van der Waals surface area contributed by atoms with Gasteiger partial charge in [0.25, 0.3) is 0 Å². The van der Waals surface area contributed by atoms with E-state index in [1.54, 1.807) is 24.3 Å². The van der Waals surface area contributed by atoms with Crippen LogP contribution >= 0.6 is 0 Å². The van der Waals surface area contributed by atoms with Crippen LogP contribution in [0.4, 0.5) is 0 Å². The Labute approximate surface area is 101 Å². The molecule has 0 fully saturated rings. The van der Waals surface area contributed by atoms with Gasteiger partial charge < -0.3 is 4.74 Å². The summed E-state index contributed by atoms with van der Waals surface area (Å²) in [7, 11) is 0. The summed E-state index contributed by atoms with van der Waals surface area (Å²) in [5.74, 6) is 2.86. The van der Waals surface area contributed by atoms with Crippen LogP contribution in [0.25, 0.3) is 0 Å². The average molecular weight is 230 g/mol. The van der Waals surface area contributed by atoms with Crippen molar-refractivity contribution in [2.45, 2.75) is 19.8 Å². The van der Waals surface area contributed by atoms with Crippen molar-refractivity contribution in [1.29, 1.82) is 0 Å². The molecule has 1 rings (SSSR count). The molecule has 0 saturated heterocycles. The van der Waals surface area contributed by atoms with Crippen molar-refractivity contribution in [3.63, 3.8) is 0 Å². The Bertz CT molecular complexity index is 438. The van der Waals surface area contributed by atoms with E-state index in [0.717, 1.165) is 5.56 Å². The van der Waals surface area contributed by atoms with Crippen LogP contribution in [-0.2, 0) is 16.0 Å². The standard InChI is InChI=1S/C14H14O3/c1-3-8-17-14-6-4-12(5-7-14)10-13(16)9-11(2)15/h1,4-7H,8-10H2,2H3. The molecule has 0 unspecified atom stereocenters. The van der Waals surface area contributed by atoms with E-state index in [2.05, 4.69) is 5.92 Å². The van der Waals surface area contributed by atoms with Crippen molar-refractivity contribution in [2.75, 3.05) is 6.61 Å². The molecule has 0 N–H and O–H groups in total. The van der Waals surface area contributed by atoms with Gasteiger partial charge in [0.15, 0.2) is 0 Å². The van der Waals surface area contributed by atoms with Gasteiger partial charge in [-0.3, -0.25) is 9.59 Å². The average Bonchev–Trinajstić information content (AvgIpc) is 2.27. The van der Waals surface area contributed by atoms with Crippen molar-refractivity contribution in [2.24, 2.45) is 0 Å². The number of carbonyl (C=O) groups excluding carboxylic acids is 2. The predicted octanol–water partition coefficient (Wildman–Crippen LogP) is 1.79. The van der Waals surface area contributed by atoms with Crippen molar-refractivity contribution >= 4 is 11.6 Å². The fourth-order valence-corrected chi connectivity index (χ4v) is 1.40. The van der Waals surface area contributed by atoms with Crippen LogP contribution in [0.1, 0.15) is 18.9 Å². The Morgan fingerprint density at radius 3 is 2.47 bits per heavy atom. The molecule has 17 heavy (non-hydrogen) atoms. The Hall–Kier alpha value is -2.08. The number of ketones is 2. The molecule has 3 heteroatoms. The zero-order chi connectivity index (χ0) is 12.7. The molecule has 0 aromatic heterocycles. The zero-order valence-corrected chi connectivity index (χ0v) is 9.73. The molecule has 0 aliphatic rings. The van der Waals surface area contributed by atoms with E-state index < -0.39 is 0 Å². The number of hydrogen-bond acceptors (Lipinski definition) is 3. The van der Waals surface area contributed by atoms with E-state index in [9.17, 15) is 9.59 Å². The summed E-state index contributed by atoms with van der Waals surface area (Å²) in [5, 5.41) is 0. The van der Waals surface area contributed by atoms with E-state index in [1.807, 2.05) is 0 Å². The van der Waals surface area contributed by atoms with E-state index in [-0.39, 0.29) is 31.0 Å². The first kappa shape index (κ1) is 13.0. The molecule has 0 heterocycles. The van der Waals surface area contributed by atoms with E-state index in [4.69, 9.17) is 11.2 Å². The van der Waals surface area contributed by atoms with Crippen LogP contribution in [0.2, 0.25) is 0 Å². The van der Waals surface area contributed by atoms with Crippen molar-refractivity contribution < 1.29 is 14.3 Å². The molecule has 0 spiro atoms. The molecule has 0 aliphatic carbocycles. The van der Waals surface area contributed by atoms with E-state index in [1.165, 1.54) is 6.92 Å². The second kappa shape index (κ2) is 6.49.